The lowest BCUT2D eigenvalue weighted by atomic mass is 10.6. The molecule has 12 heteroatoms. The fraction of sp³-hybridized carbons (Fsp3) is 0.0526. The molecule has 31 heavy (non-hydrogen) atoms. The van der Waals surface area contributed by atoms with Crippen LogP contribution in [-0.2, 0) is 21.0 Å². The Balaban J connectivity index is 4.53. The van der Waals surface area contributed by atoms with Crippen molar-refractivity contribution in [1.29, 1.82) is 5.26 Å². The van der Waals surface area contributed by atoms with Gasteiger partial charge in [0.1, 0.15) is 6.67 Å². The number of isocyanates is 2. The summed E-state index contributed by atoms with van der Waals surface area (Å²) < 4.78 is 5.08. The molecule has 0 radical (unpaired) electrons. The zero-order valence-electron chi connectivity index (χ0n) is 15.3. The third kappa shape index (κ3) is 5.58. The lowest BCUT2D eigenvalue weighted by Gasteiger charge is -2.10. The minimum Gasteiger partial charge on any atom is -0.360 e. The van der Waals surface area contributed by atoms with Gasteiger partial charge in [-0.15, -0.1) is 10.3 Å². The minimum atomic E-state index is -1.48. The molecule has 0 atom stereocenters. The quantitative estimate of drug-likeness (QED) is 0.198. The topological polar surface area (TPSA) is 158 Å². The first-order chi connectivity index (χ1) is 15.0. The van der Waals surface area contributed by atoms with Gasteiger partial charge in [-0.3, -0.25) is 0 Å². The Kier molecular flexibility index (Phi) is 8.84. The molecule has 1 heterocycles. The second-order valence-electron chi connectivity index (χ2n) is 4.47. The van der Waals surface area contributed by atoms with E-state index >= 15 is 0 Å². The van der Waals surface area contributed by atoms with E-state index in [0.717, 1.165) is 12.2 Å². The smallest absolute Gasteiger partial charge is 0.350 e. The van der Waals surface area contributed by atoms with E-state index in [4.69, 9.17) is 5.26 Å². The number of aliphatic imine (C=N–C) groups is 2. The second kappa shape index (κ2) is 11.8. The molecule has 1 aromatic rings. The Labute approximate surface area is 171 Å². The van der Waals surface area contributed by atoms with Gasteiger partial charge in [-0.2, -0.15) is 14.1 Å². The van der Waals surface area contributed by atoms with Gasteiger partial charge < -0.3 is 4.74 Å². The molecule has 1 rings (SSSR count). The van der Waals surface area contributed by atoms with Gasteiger partial charge in [-0.1, -0.05) is 11.5 Å². The van der Waals surface area contributed by atoms with Crippen LogP contribution >= 0.6 is 0 Å². The molecule has 148 valence electrons. The van der Waals surface area contributed by atoms with E-state index in [9.17, 15) is 24.0 Å². The summed E-state index contributed by atoms with van der Waals surface area (Å²) in [7, 11) is 0. The highest BCUT2D eigenvalue weighted by molar-refractivity contribution is 5.53. The Morgan fingerprint density at radius 3 is 2.06 bits per heavy atom. The lowest BCUT2D eigenvalue weighted by molar-refractivity contribution is 0.409. The van der Waals surface area contributed by atoms with E-state index < -0.39 is 35.4 Å². The van der Waals surface area contributed by atoms with Gasteiger partial charge in [-0.25, -0.2) is 28.5 Å². The minimum absolute atomic E-state index is 0.137. The molecule has 0 bridgehead atoms. The fourth-order valence-electron chi connectivity index (χ4n) is 1.77. The van der Waals surface area contributed by atoms with Gasteiger partial charge in [-0.05, 0) is 41.8 Å². The van der Waals surface area contributed by atoms with Gasteiger partial charge in [0.15, 0.2) is 0 Å². The Hall–Kier alpha value is -5.82. The van der Waals surface area contributed by atoms with Gasteiger partial charge >= 0.3 is 17.1 Å². The highest BCUT2D eigenvalue weighted by atomic mass is 16.5. The normalized spacial score (nSPS) is 7.71. The van der Waals surface area contributed by atoms with Crippen molar-refractivity contribution < 1.29 is 14.3 Å². The molecule has 12 nitrogen and oxygen atoms in total. The molecular formula is C19H6N6O6. The first kappa shape index (κ1) is 23.2. The predicted molar refractivity (Wildman–Crippen MR) is 101 cm³/mol. The first-order valence-corrected chi connectivity index (χ1v) is 7.45. The zero-order chi connectivity index (χ0) is 23.2. The van der Waals surface area contributed by atoms with Crippen molar-refractivity contribution in [1.82, 2.24) is 13.7 Å². The van der Waals surface area contributed by atoms with E-state index in [2.05, 4.69) is 73.7 Å². The van der Waals surface area contributed by atoms with Crippen molar-refractivity contribution in [2.45, 2.75) is 6.67 Å². The summed E-state index contributed by atoms with van der Waals surface area (Å²) >= 11 is 0. The molecule has 0 aliphatic heterocycles. The Morgan fingerprint density at radius 1 is 0.903 bits per heavy atom. The number of hydrogen-bond acceptors (Lipinski definition) is 9. The molecule has 0 fully saturated rings. The number of hydrogen-bond donors (Lipinski definition) is 0. The van der Waals surface area contributed by atoms with E-state index in [1.54, 1.807) is 0 Å². The molecule has 0 aliphatic rings. The first-order valence-electron chi connectivity index (χ1n) is 7.45. The summed E-state index contributed by atoms with van der Waals surface area (Å²) in [5.74, 6) is -1.66. The van der Waals surface area contributed by atoms with Crippen LogP contribution in [0.2, 0.25) is 0 Å². The van der Waals surface area contributed by atoms with Gasteiger partial charge in [0, 0.05) is 5.73 Å². The SMILES string of the molecule is C=C=C=C=C=C(N=C=O)n1c(=O)n(CN=C=O)c(=O)n(C(=C=C=C=C=C)OC#N)c1=O. The third-order valence-electron chi connectivity index (χ3n) is 2.86. The van der Waals surface area contributed by atoms with Crippen LogP contribution in [0.1, 0.15) is 0 Å². The molecular weight excluding hydrogens is 408 g/mol. The van der Waals surface area contributed by atoms with Gasteiger partial charge in [0.2, 0.25) is 18.0 Å². The molecule has 0 saturated heterocycles. The predicted octanol–water partition coefficient (Wildman–Crippen LogP) is -0.604. The Bertz CT molecular complexity index is 1580. The number of rotatable bonds is 6. The molecule has 0 aromatic carbocycles. The molecule has 0 unspecified atom stereocenters. The Morgan fingerprint density at radius 2 is 1.52 bits per heavy atom. The summed E-state index contributed by atoms with van der Waals surface area (Å²) in [5.41, 5.74) is 13.0. The maximum atomic E-state index is 12.9. The number of nitrogens with zero attached hydrogens (tertiary/aromatic N) is 6. The lowest BCUT2D eigenvalue weighted by Crippen LogP contribution is -2.53. The van der Waals surface area contributed by atoms with Gasteiger partial charge in [0.25, 0.3) is 12.1 Å². The van der Waals surface area contributed by atoms with E-state index in [-0.39, 0.29) is 13.7 Å². The van der Waals surface area contributed by atoms with Crippen LogP contribution in [0, 0.1) is 11.5 Å². The van der Waals surface area contributed by atoms with Crippen LogP contribution in [0.15, 0.2) is 83.4 Å². The molecule has 0 amide bonds. The van der Waals surface area contributed by atoms with Crippen molar-refractivity contribution in [3.63, 3.8) is 0 Å². The summed E-state index contributed by atoms with van der Waals surface area (Å²) in [5, 5.41) is 8.82. The fourth-order valence-corrected chi connectivity index (χ4v) is 1.77. The average molecular weight is 414 g/mol. The molecule has 0 spiro atoms. The van der Waals surface area contributed by atoms with E-state index in [0.29, 0.717) is 0 Å². The third-order valence-corrected chi connectivity index (χ3v) is 2.86. The summed E-state index contributed by atoms with van der Waals surface area (Å²) in [6, 6.07) is 0. The molecule has 1 aromatic heterocycles. The molecule has 0 aliphatic carbocycles. The van der Waals surface area contributed by atoms with Crippen molar-refractivity contribution in [2.75, 3.05) is 0 Å². The highest BCUT2D eigenvalue weighted by Gasteiger charge is 2.21. The largest absolute Gasteiger partial charge is 0.360 e. The van der Waals surface area contributed by atoms with Crippen LogP contribution in [0.25, 0.3) is 11.7 Å². The number of carbonyl (C=O) groups excluding carboxylic acids is 2. The van der Waals surface area contributed by atoms with E-state index in [1.165, 1.54) is 6.26 Å². The monoisotopic (exact) mass is 414 g/mol. The summed E-state index contributed by atoms with van der Waals surface area (Å²) in [4.78, 5) is 65.7. The second-order valence-corrected chi connectivity index (χ2v) is 4.47. The maximum absolute atomic E-state index is 12.9. The maximum Gasteiger partial charge on any atom is 0.350 e. The van der Waals surface area contributed by atoms with Crippen molar-refractivity contribution in [3.8, 4) is 6.26 Å². The number of nitriles is 1. The zero-order valence-corrected chi connectivity index (χ0v) is 15.3. The van der Waals surface area contributed by atoms with Crippen LogP contribution in [0.5, 0.6) is 0 Å². The van der Waals surface area contributed by atoms with Crippen molar-refractivity contribution >= 4 is 23.9 Å². The van der Waals surface area contributed by atoms with Crippen molar-refractivity contribution in [3.05, 3.63) is 90.5 Å². The standard InChI is InChI=1S/C19H6N6O6/c1-3-5-7-9-15(22-14-27)24-17(28)23(12-21-13-26)18(29)25(19(24)30)16(31-11-20)10-8-6-4-2/h1-2,12H2. The molecule has 0 saturated carbocycles. The summed E-state index contributed by atoms with van der Waals surface area (Å²) in [6.45, 7) is 5.51. The number of ether oxygens (including phenoxy) is 1. The summed E-state index contributed by atoms with van der Waals surface area (Å²) in [6.07, 6.45) is 3.41. The van der Waals surface area contributed by atoms with Gasteiger partial charge in [0.05, 0.1) is 0 Å². The molecule has 0 N–H and O–H groups in total. The van der Waals surface area contributed by atoms with Crippen LogP contribution in [-0.4, -0.2) is 25.9 Å². The van der Waals surface area contributed by atoms with Crippen LogP contribution in [0.4, 0.5) is 0 Å². The van der Waals surface area contributed by atoms with E-state index in [1.807, 2.05) is 0 Å². The number of aromatic nitrogens is 3. The van der Waals surface area contributed by atoms with Crippen LogP contribution in [0.3, 0.4) is 0 Å². The average Bonchev–Trinajstić information content (AvgIpc) is 2.74. The van der Waals surface area contributed by atoms with Crippen molar-refractivity contribution in [2.24, 2.45) is 9.98 Å². The van der Waals surface area contributed by atoms with Crippen LogP contribution < -0.4 is 17.1 Å². The highest BCUT2D eigenvalue weighted by Crippen LogP contribution is 2.00.